The van der Waals surface area contributed by atoms with E-state index in [1.165, 1.54) is 17.7 Å². The maximum Gasteiger partial charge on any atom is 0.0728 e. The molecule has 1 aliphatic heterocycles. The summed E-state index contributed by atoms with van der Waals surface area (Å²) in [5.74, 6) is 0.0965. The summed E-state index contributed by atoms with van der Waals surface area (Å²) < 4.78 is 0. The molecule has 29 heavy (non-hydrogen) atoms. The molecular formula is C24H30Cl2N2O. The van der Waals surface area contributed by atoms with Gasteiger partial charge in [0.25, 0.3) is 0 Å². The van der Waals surface area contributed by atoms with Crippen LogP contribution in [0.1, 0.15) is 43.6 Å². The smallest absolute Gasteiger partial charge is 0.0728 e. The van der Waals surface area contributed by atoms with Gasteiger partial charge in [0, 0.05) is 54.4 Å². The molecule has 1 heterocycles. The molecule has 0 aromatic heterocycles. The zero-order chi connectivity index (χ0) is 20.3. The predicted molar refractivity (Wildman–Crippen MR) is 122 cm³/mol. The minimum atomic E-state index is -0.632. The SMILES string of the molecule is OC1(C(CN2CCN(c3cccc(Cl)c3)CC2)c2cccc(Cl)c2)CCCCC1. The third-order valence-corrected chi connectivity index (χ3v) is 7.08. The molecule has 2 aliphatic rings. The lowest BCUT2D eigenvalue weighted by Gasteiger charge is -2.44. The third kappa shape index (κ3) is 5.08. The first kappa shape index (κ1) is 21.0. The van der Waals surface area contributed by atoms with Crippen molar-refractivity contribution >= 4 is 28.9 Å². The molecule has 1 unspecified atom stereocenters. The molecule has 156 valence electrons. The molecule has 1 saturated carbocycles. The highest BCUT2D eigenvalue weighted by atomic mass is 35.5. The van der Waals surface area contributed by atoms with Crippen LogP contribution in [0, 0.1) is 0 Å². The number of hydrogen-bond donors (Lipinski definition) is 1. The van der Waals surface area contributed by atoms with Gasteiger partial charge in [0.15, 0.2) is 0 Å². The maximum atomic E-state index is 11.6. The number of anilines is 1. The summed E-state index contributed by atoms with van der Waals surface area (Å²) in [4.78, 5) is 4.89. The Labute approximate surface area is 184 Å². The van der Waals surface area contributed by atoms with Gasteiger partial charge in [-0.2, -0.15) is 0 Å². The molecule has 0 spiro atoms. The fraction of sp³-hybridized carbons (Fsp3) is 0.500. The lowest BCUT2D eigenvalue weighted by Crippen LogP contribution is -2.51. The van der Waals surface area contributed by atoms with Gasteiger partial charge in [0.05, 0.1) is 5.60 Å². The second-order valence-electron chi connectivity index (χ2n) is 8.54. The van der Waals surface area contributed by atoms with Crippen LogP contribution in [-0.2, 0) is 0 Å². The van der Waals surface area contributed by atoms with Crippen LogP contribution in [0.4, 0.5) is 5.69 Å². The Kier molecular flexibility index (Phi) is 6.70. The number of piperazine rings is 1. The first-order valence-corrected chi connectivity index (χ1v) is 11.5. The van der Waals surface area contributed by atoms with Crippen LogP contribution in [0.5, 0.6) is 0 Å². The van der Waals surface area contributed by atoms with E-state index in [9.17, 15) is 5.11 Å². The quantitative estimate of drug-likeness (QED) is 0.666. The first-order chi connectivity index (χ1) is 14.0. The van der Waals surface area contributed by atoms with Crippen LogP contribution in [0.25, 0.3) is 0 Å². The summed E-state index contributed by atoms with van der Waals surface area (Å²) in [5, 5.41) is 13.1. The molecule has 0 bridgehead atoms. The summed E-state index contributed by atoms with van der Waals surface area (Å²) in [7, 11) is 0. The lowest BCUT2D eigenvalue weighted by atomic mass is 9.72. The number of halogens is 2. The second-order valence-corrected chi connectivity index (χ2v) is 9.41. The van der Waals surface area contributed by atoms with Gasteiger partial charge in [-0.05, 0) is 48.7 Å². The summed E-state index contributed by atoms with van der Waals surface area (Å²) in [6.07, 6.45) is 5.20. The number of rotatable bonds is 5. The van der Waals surface area contributed by atoms with Crippen molar-refractivity contribution in [3.8, 4) is 0 Å². The molecule has 2 aromatic carbocycles. The zero-order valence-electron chi connectivity index (χ0n) is 16.9. The summed E-state index contributed by atoms with van der Waals surface area (Å²) in [6.45, 7) is 4.79. The van der Waals surface area contributed by atoms with E-state index in [-0.39, 0.29) is 5.92 Å². The summed E-state index contributed by atoms with van der Waals surface area (Å²) >= 11 is 12.5. The molecule has 2 aromatic rings. The highest BCUT2D eigenvalue weighted by molar-refractivity contribution is 6.31. The molecule has 1 atom stereocenters. The van der Waals surface area contributed by atoms with Crippen LogP contribution in [-0.4, -0.2) is 48.3 Å². The monoisotopic (exact) mass is 432 g/mol. The summed E-state index contributed by atoms with van der Waals surface area (Å²) in [5.41, 5.74) is 1.72. The highest BCUT2D eigenvalue weighted by Crippen LogP contribution is 2.41. The van der Waals surface area contributed by atoms with Crippen LogP contribution in [0.3, 0.4) is 0 Å². The molecule has 5 heteroatoms. The van der Waals surface area contributed by atoms with Crippen LogP contribution >= 0.6 is 23.2 Å². The molecule has 2 fully saturated rings. The Bertz CT molecular complexity index is 814. The lowest BCUT2D eigenvalue weighted by molar-refractivity contribution is -0.0312. The van der Waals surface area contributed by atoms with Gasteiger partial charge in [-0.15, -0.1) is 0 Å². The van der Waals surface area contributed by atoms with Gasteiger partial charge in [0.1, 0.15) is 0 Å². The van der Waals surface area contributed by atoms with E-state index in [0.717, 1.165) is 68.5 Å². The van der Waals surface area contributed by atoms with Crippen LogP contribution < -0.4 is 4.90 Å². The molecule has 1 aliphatic carbocycles. The molecular weight excluding hydrogens is 403 g/mol. The number of benzene rings is 2. The fourth-order valence-corrected chi connectivity index (χ4v) is 5.32. The van der Waals surface area contributed by atoms with E-state index in [4.69, 9.17) is 23.2 Å². The van der Waals surface area contributed by atoms with E-state index in [1.54, 1.807) is 0 Å². The van der Waals surface area contributed by atoms with Gasteiger partial charge in [0.2, 0.25) is 0 Å². The predicted octanol–water partition coefficient (Wildman–Crippen LogP) is 5.59. The van der Waals surface area contributed by atoms with Gasteiger partial charge < -0.3 is 10.0 Å². The molecule has 4 rings (SSSR count). The molecule has 1 saturated heterocycles. The van der Waals surface area contributed by atoms with Crippen LogP contribution in [0.2, 0.25) is 10.0 Å². The van der Waals surface area contributed by atoms with Crippen molar-refractivity contribution in [2.75, 3.05) is 37.6 Å². The maximum absolute atomic E-state index is 11.6. The van der Waals surface area contributed by atoms with Gasteiger partial charge in [-0.25, -0.2) is 0 Å². The van der Waals surface area contributed by atoms with Crippen molar-refractivity contribution in [1.29, 1.82) is 0 Å². The number of nitrogens with zero attached hydrogens (tertiary/aromatic N) is 2. The molecule has 0 amide bonds. The van der Waals surface area contributed by atoms with E-state index >= 15 is 0 Å². The average molecular weight is 433 g/mol. The molecule has 1 N–H and O–H groups in total. The number of hydrogen-bond acceptors (Lipinski definition) is 3. The van der Waals surface area contributed by atoms with Crippen molar-refractivity contribution in [1.82, 2.24) is 4.90 Å². The second kappa shape index (κ2) is 9.26. The number of aliphatic hydroxyl groups is 1. The largest absolute Gasteiger partial charge is 0.389 e. The average Bonchev–Trinajstić information content (AvgIpc) is 2.73. The van der Waals surface area contributed by atoms with E-state index in [2.05, 4.69) is 21.9 Å². The molecule has 0 radical (unpaired) electrons. The Morgan fingerprint density at radius 1 is 0.862 bits per heavy atom. The summed E-state index contributed by atoms with van der Waals surface area (Å²) in [6, 6.07) is 16.2. The minimum Gasteiger partial charge on any atom is -0.389 e. The van der Waals surface area contributed by atoms with Crippen molar-refractivity contribution in [3.05, 3.63) is 64.1 Å². The van der Waals surface area contributed by atoms with Crippen molar-refractivity contribution in [3.63, 3.8) is 0 Å². The van der Waals surface area contributed by atoms with Gasteiger partial charge in [-0.3, -0.25) is 4.90 Å². The first-order valence-electron chi connectivity index (χ1n) is 10.7. The Balaban J connectivity index is 1.47. The van der Waals surface area contributed by atoms with E-state index < -0.39 is 5.60 Å². The fourth-order valence-electron chi connectivity index (χ4n) is 4.94. The van der Waals surface area contributed by atoms with Crippen molar-refractivity contribution in [2.45, 2.75) is 43.6 Å². The van der Waals surface area contributed by atoms with Crippen molar-refractivity contribution < 1.29 is 5.11 Å². The Hall–Kier alpha value is -1.26. The minimum absolute atomic E-state index is 0.0965. The zero-order valence-corrected chi connectivity index (χ0v) is 18.4. The normalized spacial score (nSPS) is 21.1. The topological polar surface area (TPSA) is 26.7 Å². The Morgan fingerprint density at radius 3 is 2.17 bits per heavy atom. The van der Waals surface area contributed by atoms with Gasteiger partial charge >= 0.3 is 0 Å². The van der Waals surface area contributed by atoms with Crippen molar-refractivity contribution in [2.24, 2.45) is 0 Å². The van der Waals surface area contributed by atoms with E-state index in [1.807, 2.05) is 36.4 Å². The van der Waals surface area contributed by atoms with E-state index in [0.29, 0.717) is 0 Å². The standard InChI is InChI=1S/C24H30Cl2N2O/c25-20-7-4-6-19(16-20)23(24(29)10-2-1-3-11-24)18-27-12-14-28(15-13-27)22-9-5-8-21(26)17-22/h4-9,16-17,23,29H,1-3,10-15,18H2. The highest BCUT2D eigenvalue weighted by Gasteiger charge is 2.40. The van der Waals surface area contributed by atoms with Crippen LogP contribution in [0.15, 0.2) is 48.5 Å². The Morgan fingerprint density at radius 2 is 1.52 bits per heavy atom. The molecule has 3 nitrogen and oxygen atoms in total. The third-order valence-electron chi connectivity index (χ3n) is 6.61. The van der Waals surface area contributed by atoms with Gasteiger partial charge in [-0.1, -0.05) is 60.7 Å².